The summed E-state index contributed by atoms with van der Waals surface area (Å²) < 4.78 is 2.20. The first kappa shape index (κ1) is 14.3. The van der Waals surface area contributed by atoms with Gasteiger partial charge in [-0.05, 0) is 37.4 Å². The van der Waals surface area contributed by atoms with Gasteiger partial charge in [-0.2, -0.15) is 0 Å². The summed E-state index contributed by atoms with van der Waals surface area (Å²) in [4.78, 5) is 6.81. The van der Waals surface area contributed by atoms with E-state index in [0.29, 0.717) is 6.54 Å². The Balaban J connectivity index is 1.88. The molecular weight excluding hydrogens is 260 g/mol. The second-order valence-corrected chi connectivity index (χ2v) is 5.70. The van der Waals surface area contributed by atoms with Gasteiger partial charge in [-0.25, -0.2) is 4.98 Å². The van der Waals surface area contributed by atoms with E-state index in [1.165, 1.54) is 23.2 Å². The van der Waals surface area contributed by atoms with Crippen LogP contribution in [-0.4, -0.2) is 27.5 Å². The Kier molecular flexibility index (Phi) is 4.36. The molecule has 0 spiro atoms. The van der Waals surface area contributed by atoms with Gasteiger partial charge < -0.3 is 10.3 Å². The van der Waals surface area contributed by atoms with Gasteiger partial charge in [0.05, 0.1) is 18.1 Å². The average molecular weight is 284 g/mol. The van der Waals surface area contributed by atoms with Crippen LogP contribution in [0.25, 0.3) is 0 Å². The minimum absolute atomic E-state index is 0.249. The summed E-state index contributed by atoms with van der Waals surface area (Å²) >= 11 is 0. The molecule has 0 saturated carbocycles. The van der Waals surface area contributed by atoms with E-state index < -0.39 is 0 Å². The van der Waals surface area contributed by atoms with Crippen molar-refractivity contribution in [2.45, 2.75) is 38.9 Å². The Morgan fingerprint density at radius 2 is 2.10 bits per heavy atom. The summed E-state index contributed by atoms with van der Waals surface area (Å²) in [7, 11) is 0. The highest BCUT2D eigenvalue weighted by molar-refractivity contribution is 5.28. The molecule has 0 fully saturated rings. The summed E-state index contributed by atoms with van der Waals surface area (Å²) in [5.41, 5.74) is 10.3. The van der Waals surface area contributed by atoms with E-state index in [0.717, 1.165) is 26.1 Å². The fourth-order valence-corrected chi connectivity index (χ4v) is 3.32. The lowest BCUT2D eigenvalue weighted by molar-refractivity contribution is 0.188. The summed E-state index contributed by atoms with van der Waals surface area (Å²) in [6, 6.07) is 9.03. The third-order valence-electron chi connectivity index (χ3n) is 4.47. The van der Waals surface area contributed by atoms with Crippen LogP contribution >= 0.6 is 0 Å². The maximum Gasteiger partial charge on any atom is 0.0948 e. The zero-order valence-electron chi connectivity index (χ0n) is 12.7. The van der Waals surface area contributed by atoms with E-state index in [1.807, 2.05) is 12.5 Å². The molecule has 1 atom stereocenters. The number of benzene rings is 1. The molecule has 0 saturated heterocycles. The van der Waals surface area contributed by atoms with Crippen molar-refractivity contribution in [1.82, 2.24) is 14.5 Å². The molecule has 1 aliphatic rings. The first-order chi connectivity index (χ1) is 10.3. The zero-order chi connectivity index (χ0) is 14.7. The lowest BCUT2D eigenvalue weighted by atomic mass is 10.0. The van der Waals surface area contributed by atoms with Crippen molar-refractivity contribution in [2.24, 2.45) is 5.73 Å². The van der Waals surface area contributed by atoms with Crippen molar-refractivity contribution in [2.75, 3.05) is 13.1 Å². The minimum atomic E-state index is 0.249. The summed E-state index contributed by atoms with van der Waals surface area (Å²) in [6.07, 6.45) is 6.23. The second kappa shape index (κ2) is 6.41. The largest absolute Gasteiger partial charge is 0.333 e. The van der Waals surface area contributed by atoms with Gasteiger partial charge in [-0.1, -0.05) is 24.3 Å². The van der Waals surface area contributed by atoms with Gasteiger partial charge >= 0.3 is 0 Å². The smallest absolute Gasteiger partial charge is 0.0948 e. The minimum Gasteiger partial charge on any atom is -0.333 e. The van der Waals surface area contributed by atoms with E-state index in [1.54, 1.807) is 0 Å². The predicted octanol–water partition coefficient (Wildman–Crippen LogP) is 2.35. The average Bonchev–Trinajstić information content (AvgIpc) is 2.87. The van der Waals surface area contributed by atoms with E-state index >= 15 is 0 Å². The van der Waals surface area contributed by atoms with Crippen molar-refractivity contribution < 1.29 is 0 Å². The molecule has 4 nitrogen and oxygen atoms in total. The van der Waals surface area contributed by atoms with Crippen molar-refractivity contribution >= 4 is 0 Å². The number of hydrogen-bond acceptors (Lipinski definition) is 3. The summed E-state index contributed by atoms with van der Waals surface area (Å²) in [5, 5.41) is 0. The molecule has 1 aromatic carbocycles. The SMILES string of the molecule is CCn1cncc1C(CN)N1CCCc2ccccc2C1. The van der Waals surface area contributed by atoms with Crippen molar-refractivity contribution in [3.05, 3.63) is 53.6 Å². The van der Waals surface area contributed by atoms with Crippen LogP contribution in [0.2, 0.25) is 0 Å². The number of fused-ring (bicyclic) bond motifs is 1. The van der Waals surface area contributed by atoms with Crippen LogP contribution in [0, 0.1) is 0 Å². The van der Waals surface area contributed by atoms with Crippen LogP contribution in [0.5, 0.6) is 0 Å². The molecule has 3 rings (SSSR count). The summed E-state index contributed by atoms with van der Waals surface area (Å²) in [6.45, 7) is 5.79. The molecule has 2 N–H and O–H groups in total. The van der Waals surface area contributed by atoms with Crippen LogP contribution in [0.3, 0.4) is 0 Å². The van der Waals surface area contributed by atoms with Crippen molar-refractivity contribution in [1.29, 1.82) is 0 Å². The number of aromatic nitrogens is 2. The quantitative estimate of drug-likeness (QED) is 0.937. The summed E-state index contributed by atoms with van der Waals surface area (Å²) in [5.74, 6) is 0. The topological polar surface area (TPSA) is 47.1 Å². The Bertz CT molecular complexity index is 590. The molecule has 0 radical (unpaired) electrons. The van der Waals surface area contributed by atoms with Crippen molar-refractivity contribution in [3.63, 3.8) is 0 Å². The van der Waals surface area contributed by atoms with Crippen LogP contribution in [0.1, 0.15) is 36.2 Å². The third-order valence-corrected chi connectivity index (χ3v) is 4.47. The van der Waals surface area contributed by atoms with E-state index in [-0.39, 0.29) is 6.04 Å². The van der Waals surface area contributed by atoms with Crippen LogP contribution < -0.4 is 5.73 Å². The van der Waals surface area contributed by atoms with Crippen LogP contribution in [-0.2, 0) is 19.5 Å². The molecule has 0 bridgehead atoms. The molecule has 4 heteroatoms. The third kappa shape index (κ3) is 2.87. The van der Waals surface area contributed by atoms with E-state index in [4.69, 9.17) is 5.73 Å². The standard InChI is InChI=1S/C17H24N4/c1-2-20-13-19-11-17(20)16(10-18)21-9-5-8-14-6-3-4-7-15(14)12-21/h3-4,6-7,11,13,16H,2,5,8-10,12,18H2,1H3. The first-order valence-corrected chi connectivity index (χ1v) is 7.84. The maximum absolute atomic E-state index is 6.11. The number of aryl methyl sites for hydroxylation is 2. The molecule has 21 heavy (non-hydrogen) atoms. The molecule has 0 amide bonds. The van der Waals surface area contributed by atoms with Gasteiger partial charge in [0.15, 0.2) is 0 Å². The normalized spacial score (nSPS) is 17.2. The Hall–Kier alpha value is -1.65. The monoisotopic (exact) mass is 284 g/mol. The van der Waals surface area contributed by atoms with Gasteiger partial charge in [0, 0.05) is 25.8 Å². The van der Waals surface area contributed by atoms with Crippen LogP contribution in [0.4, 0.5) is 0 Å². The molecular formula is C17H24N4. The molecule has 2 heterocycles. The number of rotatable bonds is 4. The second-order valence-electron chi connectivity index (χ2n) is 5.70. The van der Waals surface area contributed by atoms with E-state index in [9.17, 15) is 0 Å². The maximum atomic E-state index is 6.11. The molecule has 1 aromatic heterocycles. The number of nitrogens with zero attached hydrogens (tertiary/aromatic N) is 3. The fourth-order valence-electron chi connectivity index (χ4n) is 3.32. The Morgan fingerprint density at radius 3 is 2.86 bits per heavy atom. The van der Waals surface area contributed by atoms with Gasteiger partial charge in [0.25, 0.3) is 0 Å². The van der Waals surface area contributed by atoms with Crippen molar-refractivity contribution in [3.8, 4) is 0 Å². The first-order valence-electron chi connectivity index (χ1n) is 7.84. The number of nitrogens with two attached hydrogens (primary N) is 1. The van der Waals surface area contributed by atoms with Crippen LogP contribution in [0.15, 0.2) is 36.8 Å². The lowest BCUT2D eigenvalue weighted by Crippen LogP contribution is -2.34. The van der Waals surface area contributed by atoms with Gasteiger partial charge in [-0.3, -0.25) is 4.90 Å². The lowest BCUT2D eigenvalue weighted by Gasteiger charge is -2.30. The fraction of sp³-hybridized carbons (Fsp3) is 0.471. The highest BCUT2D eigenvalue weighted by Crippen LogP contribution is 2.26. The molecule has 1 unspecified atom stereocenters. The Labute approximate surface area is 126 Å². The Morgan fingerprint density at radius 1 is 1.29 bits per heavy atom. The molecule has 2 aromatic rings. The zero-order valence-corrected chi connectivity index (χ0v) is 12.7. The number of hydrogen-bond donors (Lipinski definition) is 1. The van der Waals surface area contributed by atoms with Gasteiger partial charge in [0.2, 0.25) is 0 Å². The highest BCUT2D eigenvalue weighted by atomic mass is 15.2. The van der Waals surface area contributed by atoms with E-state index in [2.05, 4.69) is 45.6 Å². The predicted molar refractivity (Wildman–Crippen MR) is 84.9 cm³/mol. The van der Waals surface area contributed by atoms with Gasteiger partial charge in [0.1, 0.15) is 0 Å². The van der Waals surface area contributed by atoms with Gasteiger partial charge in [-0.15, -0.1) is 0 Å². The molecule has 1 aliphatic heterocycles. The number of imidazole rings is 1. The highest BCUT2D eigenvalue weighted by Gasteiger charge is 2.24. The molecule has 0 aliphatic carbocycles. The molecule has 112 valence electrons.